The van der Waals surface area contributed by atoms with E-state index < -0.39 is 0 Å². The summed E-state index contributed by atoms with van der Waals surface area (Å²) in [5, 5.41) is 6.34. The van der Waals surface area contributed by atoms with Crippen molar-refractivity contribution in [1.29, 1.82) is 0 Å². The van der Waals surface area contributed by atoms with Crippen molar-refractivity contribution in [2.45, 2.75) is 57.5 Å². The highest BCUT2D eigenvalue weighted by molar-refractivity contribution is 5.88. The summed E-state index contributed by atoms with van der Waals surface area (Å²) in [6.07, 6.45) is 8.06. The Hall–Kier alpha value is -1.54. The van der Waals surface area contributed by atoms with Crippen molar-refractivity contribution in [3.05, 3.63) is 42.5 Å². The van der Waals surface area contributed by atoms with Crippen LogP contribution in [-0.2, 0) is 0 Å². The highest BCUT2D eigenvalue weighted by Gasteiger charge is 2.41. The van der Waals surface area contributed by atoms with Gasteiger partial charge in [0.1, 0.15) is 5.75 Å². The van der Waals surface area contributed by atoms with Gasteiger partial charge in [0.15, 0.2) is 0 Å². The van der Waals surface area contributed by atoms with E-state index in [4.69, 9.17) is 4.74 Å². The first-order chi connectivity index (χ1) is 11.8. The van der Waals surface area contributed by atoms with Gasteiger partial charge in [-0.25, -0.2) is 0 Å². The van der Waals surface area contributed by atoms with Gasteiger partial charge in [-0.15, -0.1) is 0 Å². The zero-order valence-electron chi connectivity index (χ0n) is 14.7. The lowest BCUT2D eigenvalue weighted by molar-refractivity contribution is 0.116. The number of rotatable bonds is 6. The van der Waals surface area contributed by atoms with Gasteiger partial charge < -0.3 is 10.1 Å². The Labute approximate surface area is 145 Å². The zero-order chi connectivity index (χ0) is 16.4. The third-order valence-electron chi connectivity index (χ3n) is 6.09. The zero-order valence-corrected chi connectivity index (χ0v) is 14.7. The summed E-state index contributed by atoms with van der Waals surface area (Å²) in [5.41, 5.74) is 0. The Bertz CT molecular complexity index is 677. The molecule has 4 atom stereocenters. The fourth-order valence-electron chi connectivity index (χ4n) is 4.80. The molecule has 2 heterocycles. The van der Waals surface area contributed by atoms with E-state index >= 15 is 0 Å². The van der Waals surface area contributed by atoms with E-state index in [1.54, 1.807) is 0 Å². The third kappa shape index (κ3) is 3.17. The van der Waals surface area contributed by atoms with E-state index in [9.17, 15) is 0 Å². The van der Waals surface area contributed by atoms with Crippen molar-refractivity contribution < 1.29 is 4.74 Å². The molecule has 128 valence electrons. The van der Waals surface area contributed by atoms with Crippen molar-refractivity contribution >= 4 is 10.8 Å². The van der Waals surface area contributed by atoms with Gasteiger partial charge in [0.05, 0.1) is 6.61 Å². The number of fused-ring (bicyclic) bond motifs is 3. The number of ether oxygens (including phenoxy) is 1. The predicted octanol–water partition coefficient (Wildman–Crippen LogP) is 5.17. The van der Waals surface area contributed by atoms with Crippen molar-refractivity contribution in [3.8, 4) is 5.75 Å². The Morgan fingerprint density at radius 1 is 1.08 bits per heavy atom. The van der Waals surface area contributed by atoms with Gasteiger partial charge in [-0.1, -0.05) is 56.2 Å². The van der Waals surface area contributed by atoms with E-state index in [2.05, 4.69) is 54.7 Å². The average molecular weight is 323 g/mol. The SMILES string of the molecule is CCCC[C@@H]1CC2CCC(N2)[C@H]1COc1cccc2ccccc12. The summed E-state index contributed by atoms with van der Waals surface area (Å²) in [6.45, 7) is 3.16. The molecule has 2 aliphatic rings. The molecule has 2 unspecified atom stereocenters. The molecule has 2 bridgehead atoms. The number of piperidine rings is 1. The number of unbranched alkanes of at least 4 members (excludes halogenated alkanes) is 1. The first-order valence-corrected chi connectivity index (χ1v) is 9.71. The maximum absolute atomic E-state index is 6.38. The van der Waals surface area contributed by atoms with Crippen molar-refractivity contribution in [1.82, 2.24) is 5.32 Å². The Kier molecular flexibility index (Phi) is 4.75. The maximum atomic E-state index is 6.38. The van der Waals surface area contributed by atoms with Crippen molar-refractivity contribution in [2.24, 2.45) is 11.8 Å². The number of benzene rings is 2. The summed E-state index contributed by atoms with van der Waals surface area (Å²) >= 11 is 0. The van der Waals surface area contributed by atoms with Crippen LogP contribution in [0.2, 0.25) is 0 Å². The highest BCUT2D eigenvalue weighted by atomic mass is 16.5. The molecule has 0 aromatic heterocycles. The van der Waals surface area contributed by atoms with Gasteiger partial charge in [-0.3, -0.25) is 0 Å². The molecule has 4 rings (SSSR count). The summed E-state index contributed by atoms with van der Waals surface area (Å²) < 4.78 is 6.38. The van der Waals surface area contributed by atoms with Crippen LogP contribution in [0.3, 0.4) is 0 Å². The molecule has 2 aliphatic heterocycles. The second-order valence-corrected chi connectivity index (χ2v) is 7.64. The van der Waals surface area contributed by atoms with E-state index in [-0.39, 0.29) is 0 Å². The van der Waals surface area contributed by atoms with Gasteiger partial charge in [0.25, 0.3) is 0 Å². The van der Waals surface area contributed by atoms with Crippen molar-refractivity contribution in [2.75, 3.05) is 6.61 Å². The van der Waals surface area contributed by atoms with E-state index in [0.29, 0.717) is 12.0 Å². The van der Waals surface area contributed by atoms with E-state index in [0.717, 1.165) is 24.3 Å². The molecule has 24 heavy (non-hydrogen) atoms. The molecule has 0 aliphatic carbocycles. The number of nitrogens with one attached hydrogen (secondary N) is 1. The van der Waals surface area contributed by atoms with Crippen LogP contribution in [0.5, 0.6) is 5.75 Å². The van der Waals surface area contributed by atoms with Crippen LogP contribution >= 0.6 is 0 Å². The predicted molar refractivity (Wildman–Crippen MR) is 101 cm³/mol. The summed E-state index contributed by atoms with van der Waals surface area (Å²) in [4.78, 5) is 0. The second-order valence-electron chi connectivity index (χ2n) is 7.64. The average Bonchev–Trinajstić information content (AvgIpc) is 3.01. The Morgan fingerprint density at radius 3 is 2.88 bits per heavy atom. The number of hydrogen-bond acceptors (Lipinski definition) is 2. The summed E-state index contributed by atoms with van der Waals surface area (Å²) in [5.74, 6) is 2.54. The molecule has 2 aromatic rings. The lowest BCUT2D eigenvalue weighted by Crippen LogP contribution is -2.47. The lowest BCUT2D eigenvalue weighted by Gasteiger charge is -2.37. The molecule has 0 saturated carbocycles. The van der Waals surface area contributed by atoms with Gasteiger partial charge in [0.2, 0.25) is 0 Å². The highest BCUT2D eigenvalue weighted by Crippen LogP contribution is 2.39. The van der Waals surface area contributed by atoms with Crippen molar-refractivity contribution in [3.63, 3.8) is 0 Å². The third-order valence-corrected chi connectivity index (χ3v) is 6.09. The monoisotopic (exact) mass is 323 g/mol. The molecule has 1 N–H and O–H groups in total. The fourth-order valence-corrected chi connectivity index (χ4v) is 4.80. The van der Waals surface area contributed by atoms with Crippen LogP contribution in [0.4, 0.5) is 0 Å². The van der Waals surface area contributed by atoms with Gasteiger partial charge in [-0.05, 0) is 43.1 Å². The van der Waals surface area contributed by atoms with E-state index in [1.807, 2.05) is 0 Å². The first-order valence-electron chi connectivity index (χ1n) is 9.71. The fraction of sp³-hybridized carbons (Fsp3) is 0.545. The Morgan fingerprint density at radius 2 is 1.96 bits per heavy atom. The first kappa shape index (κ1) is 16.0. The van der Waals surface area contributed by atoms with Crippen LogP contribution < -0.4 is 10.1 Å². The normalized spacial score (nSPS) is 29.0. The minimum Gasteiger partial charge on any atom is -0.493 e. The molecular formula is C22H29NO. The topological polar surface area (TPSA) is 21.3 Å². The second kappa shape index (κ2) is 7.14. The van der Waals surface area contributed by atoms with Crippen LogP contribution in [0, 0.1) is 11.8 Å². The van der Waals surface area contributed by atoms with Gasteiger partial charge in [-0.2, -0.15) is 0 Å². The molecular weight excluding hydrogens is 294 g/mol. The molecule has 2 heteroatoms. The molecule has 2 fully saturated rings. The maximum Gasteiger partial charge on any atom is 0.127 e. The smallest absolute Gasteiger partial charge is 0.127 e. The molecule has 0 amide bonds. The largest absolute Gasteiger partial charge is 0.493 e. The minimum absolute atomic E-state index is 0.661. The number of hydrogen-bond donors (Lipinski definition) is 1. The molecule has 2 nitrogen and oxygen atoms in total. The van der Waals surface area contributed by atoms with Crippen LogP contribution in [-0.4, -0.2) is 18.7 Å². The molecule has 2 saturated heterocycles. The van der Waals surface area contributed by atoms with Crippen LogP contribution in [0.1, 0.15) is 45.4 Å². The van der Waals surface area contributed by atoms with Crippen LogP contribution in [0.25, 0.3) is 10.8 Å². The summed E-state index contributed by atoms with van der Waals surface area (Å²) in [6, 6.07) is 16.4. The van der Waals surface area contributed by atoms with Gasteiger partial charge in [0, 0.05) is 23.4 Å². The molecule has 0 radical (unpaired) electrons. The minimum atomic E-state index is 0.661. The van der Waals surface area contributed by atoms with Crippen LogP contribution in [0.15, 0.2) is 42.5 Å². The molecule has 0 spiro atoms. The standard InChI is InChI=1S/C22H29NO/c1-2-3-7-17-14-18-12-13-21(23-18)20(17)15-24-22-11-6-9-16-8-4-5-10-19(16)22/h4-6,8-11,17-18,20-21,23H,2-3,7,12-15H2,1H3/t17-,18?,20+,21?/m1/s1. The Balaban J connectivity index is 1.50. The van der Waals surface area contributed by atoms with E-state index in [1.165, 1.54) is 49.3 Å². The summed E-state index contributed by atoms with van der Waals surface area (Å²) in [7, 11) is 0. The molecule has 2 aromatic carbocycles. The lowest BCUT2D eigenvalue weighted by atomic mass is 9.79. The quantitative estimate of drug-likeness (QED) is 0.792. The van der Waals surface area contributed by atoms with Gasteiger partial charge >= 0.3 is 0 Å².